The van der Waals surface area contributed by atoms with Gasteiger partial charge in [-0.25, -0.2) is 0 Å². The summed E-state index contributed by atoms with van der Waals surface area (Å²) in [4.78, 5) is 10.2. The SMILES string of the molecule is CC1(Cn2cc([N+](=O)[O-])cn2)COC(c2ccccc2)OC1. The fourth-order valence-corrected chi connectivity index (χ4v) is 2.46. The van der Waals surface area contributed by atoms with E-state index in [2.05, 4.69) is 5.10 Å². The fraction of sp³-hybridized carbons (Fsp3) is 0.400. The summed E-state index contributed by atoms with van der Waals surface area (Å²) >= 11 is 0. The molecule has 1 aromatic heterocycles. The van der Waals surface area contributed by atoms with Crippen molar-refractivity contribution < 1.29 is 14.4 Å². The summed E-state index contributed by atoms with van der Waals surface area (Å²) in [7, 11) is 0. The number of hydrogen-bond acceptors (Lipinski definition) is 5. The molecule has 1 fully saturated rings. The molecular weight excluding hydrogens is 286 g/mol. The summed E-state index contributed by atoms with van der Waals surface area (Å²) in [5.41, 5.74) is 0.702. The average molecular weight is 303 g/mol. The third-order valence-corrected chi connectivity index (χ3v) is 3.61. The maximum absolute atomic E-state index is 10.7. The highest BCUT2D eigenvalue weighted by Gasteiger charge is 2.34. The maximum Gasteiger partial charge on any atom is 0.306 e. The summed E-state index contributed by atoms with van der Waals surface area (Å²) < 4.78 is 13.2. The summed E-state index contributed by atoms with van der Waals surface area (Å²) in [6.07, 6.45) is 2.32. The molecule has 2 aromatic rings. The highest BCUT2D eigenvalue weighted by Crippen LogP contribution is 2.32. The van der Waals surface area contributed by atoms with E-state index in [0.29, 0.717) is 19.8 Å². The molecule has 0 atom stereocenters. The Balaban J connectivity index is 1.62. The predicted octanol–water partition coefficient (Wildman–Crippen LogP) is 2.54. The lowest BCUT2D eigenvalue weighted by molar-refractivity contribution is -0.385. The van der Waals surface area contributed by atoms with E-state index in [1.165, 1.54) is 12.4 Å². The smallest absolute Gasteiger partial charge is 0.306 e. The molecule has 0 spiro atoms. The van der Waals surface area contributed by atoms with Gasteiger partial charge in [0.1, 0.15) is 12.4 Å². The molecule has 0 N–H and O–H groups in total. The molecule has 1 saturated heterocycles. The second kappa shape index (κ2) is 5.86. The summed E-state index contributed by atoms with van der Waals surface area (Å²) in [5.74, 6) is 0. The number of hydrogen-bond donors (Lipinski definition) is 0. The van der Waals surface area contributed by atoms with Crippen LogP contribution in [-0.2, 0) is 16.0 Å². The van der Waals surface area contributed by atoms with Crippen LogP contribution < -0.4 is 0 Å². The molecule has 7 heteroatoms. The Kier molecular flexibility index (Phi) is 3.91. The van der Waals surface area contributed by atoms with Crippen LogP contribution in [0, 0.1) is 15.5 Å². The van der Waals surface area contributed by atoms with E-state index in [4.69, 9.17) is 9.47 Å². The molecule has 0 unspecified atom stereocenters. The first kappa shape index (κ1) is 14.7. The molecule has 7 nitrogen and oxygen atoms in total. The first-order chi connectivity index (χ1) is 10.6. The van der Waals surface area contributed by atoms with E-state index in [1.807, 2.05) is 37.3 Å². The molecule has 1 aliphatic rings. The van der Waals surface area contributed by atoms with Gasteiger partial charge < -0.3 is 9.47 Å². The number of aromatic nitrogens is 2. The Hall–Kier alpha value is -2.25. The van der Waals surface area contributed by atoms with Crippen LogP contribution in [0.5, 0.6) is 0 Å². The van der Waals surface area contributed by atoms with Crippen molar-refractivity contribution in [2.75, 3.05) is 13.2 Å². The number of benzene rings is 1. The van der Waals surface area contributed by atoms with E-state index >= 15 is 0 Å². The molecule has 0 radical (unpaired) electrons. The Morgan fingerprint density at radius 2 is 2.05 bits per heavy atom. The molecule has 2 heterocycles. The standard InChI is InChI=1S/C15H17N3O4/c1-15(9-17-8-13(7-16-17)18(19)20)10-21-14(22-11-15)12-5-3-2-4-6-12/h2-8,14H,9-11H2,1H3. The minimum atomic E-state index is -0.453. The van der Waals surface area contributed by atoms with Crippen LogP contribution in [0.4, 0.5) is 5.69 Å². The van der Waals surface area contributed by atoms with Crippen molar-refractivity contribution in [3.05, 3.63) is 58.4 Å². The zero-order chi connectivity index (χ0) is 15.6. The average Bonchev–Trinajstić information content (AvgIpc) is 2.97. The summed E-state index contributed by atoms with van der Waals surface area (Å²) in [6, 6.07) is 9.76. The van der Waals surface area contributed by atoms with Gasteiger partial charge >= 0.3 is 5.69 Å². The topological polar surface area (TPSA) is 79.4 Å². The summed E-state index contributed by atoms with van der Waals surface area (Å²) in [6.45, 7) is 3.52. The van der Waals surface area contributed by atoms with Gasteiger partial charge in [0.15, 0.2) is 6.29 Å². The van der Waals surface area contributed by atoms with Gasteiger partial charge in [0.05, 0.1) is 24.7 Å². The third-order valence-electron chi connectivity index (χ3n) is 3.61. The lowest BCUT2D eigenvalue weighted by Gasteiger charge is -2.37. The lowest BCUT2D eigenvalue weighted by atomic mass is 9.92. The molecule has 0 amide bonds. The molecular formula is C15H17N3O4. The molecule has 1 aromatic carbocycles. The van der Waals surface area contributed by atoms with Gasteiger partial charge in [0, 0.05) is 11.0 Å². The van der Waals surface area contributed by atoms with Crippen molar-refractivity contribution >= 4 is 5.69 Å². The van der Waals surface area contributed by atoms with E-state index in [0.717, 1.165) is 5.56 Å². The molecule has 116 valence electrons. The highest BCUT2D eigenvalue weighted by atomic mass is 16.7. The predicted molar refractivity (Wildman–Crippen MR) is 78.1 cm³/mol. The second-order valence-corrected chi connectivity index (χ2v) is 5.83. The number of nitrogens with zero attached hydrogens (tertiary/aromatic N) is 3. The highest BCUT2D eigenvalue weighted by molar-refractivity contribution is 5.20. The van der Waals surface area contributed by atoms with Crippen LogP contribution in [-0.4, -0.2) is 27.9 Å². The molecule has 0 bridgehead atoms. The third kappa shape index (κ3) is 3.15. The van der Waals surface area contributed by atoms with Crippen molar-refractivity contribution in [3.63, 3.8) is 0 Å². The van der Waals surface area contributed by atoms with Crippen molar-refractivity contribution in [1.82, 2.24) is 9.78 Å². The van der Waals surface area contributed by atoms with Crippen LogP contribution in [0.2, 0.25) is 0 Å². The minimum absolute atomic E-state index is 0.0107. The van der Waals surface area contributed by atoms with E-state index in [-0.39, 0.29) is 17.4 Å². The van der Waals surface area contributed by atoms with Gasteiger partial charge in [-0.2, -0.15) is 5.10 Å². The van der Waals surface area contributed by atoms with E-state index < -0.39 is 4.92 Å². The first-order valence-electron chi connectivity index (χ1n) is 7.01. The van der Waals surface area contributed by atoms with E-state index in [9.17, 15) is 10.1 Å². The van der Waals surface area contributed by atoms with Crippen LogP contribution in [0.15, 0.2) is 42.7 Å². The summed E-state index contributed by atoms with van der Waals surface area (Å²) in [5, 5.41) is 14.7. The van der Waals surface area contributed by atoms with Crippen LogP contribution >= 0.6 is 0 Å². The minimum Gasteiger partial charge on any atom is -0.348 e. The Morgan fingerprint density at radius 3 is 2.64 bits per heavy atom. The fourth-order valence-electron chi connectivity index (χ4n) is 2.46. The Labute approximate surface area is 127 Å². The van der Waals surface area contributed by atoms with Gasteiger partial charge in [0.2, 0.25) is 0 Å². The number of nitro groups is 1. The monoisotopic (exact) mass is 303 g/mol. The number of rotatable bonds is 4. The van der Waals surface area contributed by atoms with Gasteiger partial charge in [0.25, 0.3) is 0 Å². The van der Waals surface area contributed by atoms with Crippen molar-refractivity contribution in [1.29, 1.82) is 0 Å². The van der Waals surface area contributed by atoms with Gasteiger partial charge in [-0.15, -0.1) is 0 Å². The Bertz CT molecular complexity index is 648. The maximum atomic E-state index is 10.7. The zero-order valence-corrected chi connectivity index (χ0v) is 12.2. The largest absolute Gasteiger partial charge is 0.348 e. The molecule has 0 aliphatic carbocycles. The van der Waals surface area contributed by atoms with Gasteiger partial charge in [-0.05, 0) is 0 Å². The molecule has 0 saturated carbocycles. The van der Waals surface area contributed by atoms with Crippen molar-refractivity contribution in [2.45, 2.75) is 19.8 Å². The van der Waals surface area contributed by atoms with Gasteiger partial charge in [-0.3, -0.25) is 14.8 Å². The van der Waals surface area contributed by atoms with Crippen LogP contribution in [0.1, 0.15) is 18.8 Å². The van der Waals surface area contributed by atoms with Crippen molar-refractivity contribution in [2.24, 2.45) is 5.41 Å². The zero-order valence-electron chi connectivity index (χ0n) is 12.2. The quantitative estimate of drug-likeness (QED) is 0.640. The number of ether oxygens (including phenoxy) is 2. The van der Waals surface area contributed by atoms with Crippen LogP contribution in [0.25, 0.3) is 0 Å². The molecule has 22 heavy (non-hydrogen) atoms. The van der Waals surface area contributed by atoms with Crippen molar-refractivity contribution in [3.8, 4) is 0 Å². The molecule has 1 aliphatic heterocycles. The first-order valence-corrected chi connectivity index (χ1v) is 7.01. The lowest BCUT2D eigenvalue weighted by Crippen LogP contribution is -2.39. The van der Waals surface area contributed by atoms with Crippen LogP contribution in [0.3, 0.4) is 0 Å². The van der Waals surface area contributed by atoms with E-state index in [1.54, 1.807) is 4.68 Å². The molecule has 3 rings (SSSR count). The Morgan fingerprint density at radius 1 is 1.36 bits per heavy atom. The van der Waals surface area contributed by atoms with Gasteiger partial charge in [-0.1, -0.05) is 37.3 Å². The second-order valence-electron chi connectivity index (χ2n) is 5.83. The normalized spacial score (nSPS) is 25.0.